The minimum Gasteiger partial charge on any atom is -0.322 e. The van der Waals surface area contributed by atoms with Crippen molar-refractivity contribution in [3.05, 3.63) is 28.2 Å². The van der Waals surface area contributed by atoms with Gasteiger partial charge in [0.15, 0.2) is 0 Å². The van der Waals surface area contributed by atoms with Crippen molar-refractivity contribution in [2.45, 2.75) is 0 Å². The molecule has 1 aliphatic heterocycles. The number of likely N-dealkylation sites (N-methyl/N-ethyl adjacent to an activating group) is 1. The summed E-state index contributed by atoms with van der Waals surface area (Å²) in [5.41, 5.74) is 0.113. The standard InChI is InChI=1S/C12H14BrF2N3O/c1-17-2-4-18(5-3-17)12(19)16-8-6-9(14)11(13)10(15)7-8/h6-7H,2-5H2,1H3,(H,16,19). The van der Waals surface area contributed by atoms with E-state index in [2.05, 4.69) is 26.1 Å². The molecule has 2 rings (SSSR count). The van der Waals surface area contributed by atoms with Crippen LogP contribution in [0.4, 0.5) is 19.3 Å². The maximum Gasteiger partial charge on any atom is 0.321 e. The zero-order valence-electron chi connectivity index (χ0n) is 10.4. The fourth-order valence-electron chi connectivity index (χ4n) is 1.84. The number of nitrogens with zero attached hydrogens (tertiary/aromatic N) is 2. The van der Waals surface area contributed by atoms with E-state index in [4.69, 9.17) is 0 Å². The lowest BCUT2D eigenvalue weighted by atomic mass is 10.3. The smallest absolute Gasteiger partial charge is 0.321 e. The van der Waals surface area contributed by atoms with Crippen LogP contribution in [-0.2, 0) is 0 Å². The van der Waals surface area contributed by atoms with Crippen molar-refractivity contribution in [2.75, 3.05) is 38.5 Å². The van der Waals surface area contributed by atoms with Gasteiger partial charge in [0.25, 0.3) is 0 Å². The summed E-state index contributed by atoms with van der Waals surface area (Å²) >= 11 is 2.78. The highest BCUT2D eigenvalue weighted by Gasteiger charge is 2.19. The van der Waals surface area contributed by atoms with Crippen LogP contribution in [0.15, 0.2) is 16.6 Å². The normalized spacial score (nSPS) is 16.5. The first-order valence-corrected chi connectivity index (χ1v) is 6.65. The van der Waals surface area contributed by atoms with E-state index in [-0.39, 0.29) is 16.2 Å². The Morgan fingerprint density at radius 2 is 1.74 bits per heavy atom. The van der Waals surface area contributed by atoms with Gasteiger partial charge in [0.2, 0.25) is 0 Å². The molecule has 0 bridgehead atoms. The molecule has 7 heteroatoms. The maximum atomic E-state index is 13.3. The minimum atomic E-state index is -0.742. The van der Waals surface area contributed by atoms with Gasteiger partial charge in [-0.05, 0) is 35.1 Å². The van der Waals surface area contributed by atoms with Crippen LogP contribution in [0, 0.1) is 11.6 Å². The molecule has 0 spiro atoms. The predicted octanol–water partition coefficient (Wildman–Crippen LogP) is 2.51. The fourth-order valence-corrected chi connectivity index (χ4v) is 2.07. The van der Waals surface area contributed by atoms with Crippen molar-refractivity contribution in [1.29, 1.82) is 0 Å². The highest BCUT2D eigenvalue weighted by molar-refractivity contribution is 9.10. The first kappa shape index (κ1) is 14.2. The number of piperazine rings is 1. The number of hydrogen-bond acceptors (Lipinski definition) is 2. The van der Waals surface area contributed by atoms with Gasteiger partial charge < -0.3 is 15.1 Å². The average molecular weight is 334 g/mol. The molecule has 4 nitrogen and oxygen atoms in total. The Morgan fingerprint density at radius 3 is 2.26 bits per heavy atom. The summed E-state index contributed by atoms with van der Waals surface area (Å²) in [5.74, 6) is -1.48. The second-order valence-electron chi connectivity index (χ2n) is 4.47. The number of anilines is 1. The van der Waals surface area contributed by atoms with E-state index in [1.807, 2.05) is 7.05 Å². The van der Waals surface area contributed by atoms with Gasteiger partial charge in [-0.3, -0.25) is 0 Å². The van der Waals surface area contributed by atoms with Gasteiger partial charge in [0, 0.05) is 31.9 Å². The number of rotatable bonds is 1. The average Bonchev–Trinajstić information content (AvgIpc) is 2.36. The van der Waals surface area contributed by atoms with Gasteiger partial charge in [0.1, 0.15) is 11.6 Å². The second kappa shape index (κ2) is 5.83. The van der Waals surface area contributed by atoms with Gasteiger partial charge in [-0.15, -0.1) is 0 Å². The largest absolute Gasteiger partial charge is 0.322 e. The third-order valence-electron chi connectivity index (χ3n) is 3.03. The van der Waals surface area contributed by atoms with E-state index in [1.54, 1.807) is 4.90 Å². The van der Waals surface area contributed by atoms with Crippen LogP contribution >= 0.6 is 15.9 Å². The number of hydrogen-bond donors (Lipinski definition) is 1. The molecule has 1 saturated heterocycles. The Bertz CT molecular complexity index is 467. The van der Waals surface area contributed by atoms with Crippen LogP contribution in [0.5, 0.6) is 0 Å². The number of amides is 2. The molecule has 19 heavy (non-hydrogen) atoms. The number of urea groups is 1. The second-order valence-corrected chi connectivity index (χ2v) is 5.27. The van der Waals surface area contributed by atoms with Crippen LogP contribution in [0.25, 0.3) is 0 Å². The fraction of sp³-hybridized carbons (Fsp3) is 0.417. The Kier molecular flexibility index (Phi) is 4.36. The van der Waals surface area contributed by atoms with Gasteiger partial charge in [-0.1, -0.05) is 0 Å². The van der Waals surface area contributed by atoms with Crippen molar-refractivity contribution in [2.24, 2.45) is 0 Å². The molecule has 1 aromatic rings. The summed E-state index contributed by atoms with van der Waals surface area (Å²) in [6.45, 7) is 2.78. The lowest BCUT2D eigenvalue weighted by Crippen LogP contribution is -2.48. The SMILES string of the molecule is CN1CCN(C(=O)Nc2cc(F)c(Br)c(F)c2)CC1. The first-order valence-electron chi connectivity index (χ1n) is 5.86. The molecule has 1 N–H and O–H groups in total. The van der Waals surface area contributed by atoms with E-state index in [1.165, 1.54) is 0 Å². The van der Waals surface area contributed by atoms with E-state index in [9.17, 15) is 13.6 Å². The van der Waals surface area contributed by atoms with Crippen LogP contribution in [-0.4, -0.2) is 49.1 Å². The maximum absolute atomic E-state index is 13.3. The predicted molar refractivity (Wildman–Crippen MR) is 72.1 cm³/mol. The molecule has 1 aliphatic rings. The highest BCUT2D eigenvalue weighted by Crippen LogP contribution is 2.23. The van der Waals surface area contributed by atoms with E-state index in [0.29, 0.717) is 13.1 Å². The first-order chi connectivity index (χ1) is 8.97. The third-order valence-corrected chi connectivity index (χ3v) is 3.78. The monoisotopic (exact) mass is 333 g/mol. The number of halogens is 3. The molecule has 2 amide bonds. The summed E-state index contributed by atoms with van der Waals surface area (Å²) < 4.78 is 26.4. The molecule has 1 fully saturated rings. The molecule has 0 aromatic heterocycles. The molecular weight excluding hydrogens is 320 g/mol. The van der Waals surface area contributed by atoms with E-state index >= 15 is 0 Å². The molecular formula is C12H14BrF2N3O. The molecule has 0 radical (unpaired) electrons. The zero-order chi connectivity index (χ0) is 14.0. The van der Waals surface area contributed by atoms with Gasteiger partial charge in [-0.25, -0.2) is 13.6 Å². The van der Waals surface area contributed by atoms with E-state index < -0.39 is 11.6 Å². The number of carbonyl (C=O) groups is 1. The van der Waals surface area contributed by atoms with E-state index in [0.717, 1.165) is 25.2 Å². The number of carbonyl (C=O) groups excluding carboxylic acids is 1. The Labute approximate surface area is 118 Å². The van der Waals surface area contributed by atoms with Crippen molar-refractivity contribution in [3.8, 4) is 0 Å². The van der Waals surface area contributed by atoms with Gasteiger partial charge >= 0.3 is 6.03 Å². The topological polar surface area (TPSA) is 35.6 Å². The Morgan fingerprint density at radius 1 is 1.21 bits per heavy atom. The highest BCUT2D eigenvalue weighted by atomic mass is 79.9. The lowest BCUT2D eigenvalue weighted by Gasteiger charge is -2.32. The summed E-state index contributed by atoms with van der Waals surface area (Å²) in [6.07, 6.45) is 0. The van der Waals surface area contributed by atoms with Crippen molar-refractivity contribution in [1.82, 2.24) is 9.80 Å². The Balaban J connectivity index is 2.03. The van der Waals surface area contributed by atoms with Crippen molar-refractivity contribution < 1.29 is 13.6 Å². The molecule has 0 atom stereocenters. The lowest BCUT2D eigenvalue weighted by molar-refractivity contribution is 0.164. The van der Waals surface area contributed by atoms with Crippen LogP contribution in [0.2, 0.25) is 0 Å². The molecule has 104 valence electrons. The summed E-state index contributed by atoms with van der Waals surface area (Å²) in [6, 6.07) is 1.83. The minimum absolute atomic E-state index is 0.113. The molecule has 0 unspecified atom stereocenters. The van der Waals surface area contributed by atoms with Crippen molar-refractivity contribution in [3.63, 3.8) is 0 Å². The summed E-state index contributed by atoms with van der Waals surface area (Å²) in [4.78, 5) is 15.7. The van der Waals surface area contributed by atoms with Crippen LogP contribution in [0.3, 0.4) is 0 Å². The molecule has 1 heterocycles. The number of benzene rings is 1. The third kappa shape index (κ3) is 3.42. The van der Waals surface area contributed by atoms with Crippen LogP contribution < -0.4 is 5.32 Å². The molecule has 0 saturated carbocycles. The molecule has 0 aliphatic carbocycles. The van der Waals surface area contributed by atoms with Crippen LogP contribution in [0.1, 0.15) is 0 Å². The summed E-state index contributed by atoms with van der Waals surface area (Å²) in [5, 5.41) is 2.50. The summed E-state index contributed by atoms with van der Waals surface area (Å²) in [7, 11) is 1.98. The van der Waals surface area contributed by atoms with Gasteiger partial charge in [-0.2, -0.15) is 0 Å². The quantitative estimate of drug-likeness (QED) is 0.801. The Hall–Kier alpha value is -1.21. The van der Waals surface area contributed by atoms with Gasteiger partial charge in [0.05, 0.1) is 4.47 Å². The molecule has 1 aromatic carbocycles. The number of nitrogens with one attached hydrogen (secondary N) is 1. The van der Waals surface area contributed by atoms with Crippen molar-refractivity contribution >= 4 is 27.6 Å². The zero-order valence-corrected chi connectivity index (χ0v) is 12.0.